The van der Waals surface area contributed by atoms with Crippen molar-refractivity contribution in [2.75, 3.05) is 5.32 Å². The number of amides is 1. The van der Waals surface area contributed by atoms with E-state index in [1.165, 1.54) is 0 Å². The predicted molar refractivity (Wildman–Crippen MR) is 67.3 cm³/mol. The van der Waals surface area contributed by atoms with E-state index in [1.807, 2.05) is 0 Å². The van der Waals surface area contributed by atoms with Crippen molar-refractivity contribution in [3.8, 4) is 0 Å². The average Bonchev–Trinajstić information content (AvgIpc) is 2.87. The molecule has 1 aromatic rings. The molecule has 0 radical (unpaired) electrons. The smallest absolute Gasteiger partial charge is 0.229 e. The molecule has 4 atom stereocenters. The zero-order valence-electron chi connectivity index (χ0n) is 10.4. The van der Waals surface area contributed by atoms with Crippen molar-refractivity contribution in [2.24, 2.45) is 23.5 Å². The third-order valence-corrected chi connectivity index (χ3v) is 4.41. The van der Waals surface area contributed by atoms with Gasteiger partial charge >= 0.3 is 0 Å². The van der Waals surface area contributed by atoms with E-state index in [0.717, 1.165) is 37.5 Å². The summed E-state index contributed by atoms with van der Waals surface area (Å²) in [6, 6.07) is 2.87. The first kappa shape index (κ1) is 12.5. The van der Waals surface area contributed by atoms with Crippen LogP contribution in [0, 0.1) is 29.4 Å². The Morgan fingerprint density at radius 3 is 2.37 bits per heavy atom. The summed E-state index contributed by atoms with van der Waals surface area (Å²) in [5, 5.41) is 2.58. The molecule has 3 N–H and O–H groups in total. The molecule has 1 aromatic carbocycles. The van der Waals surface area contributed by atoms with E-state index in [4.69, 9.17) is 5.73 Å². The second-order valence-electron chi connectivity index (χ2n) is 5.58. The van der Waals surface area contributed by atoms with Crippen LogP contribution in [0.3, 0.4) is 0 Å². The number of carbonyl (C=O) groups excluding carboxylic acids is 1. The van der Waals surface area contributed by atoms with Gasteiger partial charge in [-0.25, -0.2) is 8.78 Å². The Morgan fingerprint density at radius 1 is 1.16 bits per heavy atom. The molecule has 2 saturated carbocycles. The van der Waals surface area contributed by atoms with Gasteiger partial charge < -0.3 is 11.1 Å². The number of nitrogens with two attached hydrogens (primary N) is 1. The lowest BCUT2D eigenvalue weighted by Gasteiger charge is -2.27. The quantitative estimate of drug-likeness (QED) is 0.862. The molecule has 5 heteroatoms. The Morgan fingerprint density at radius 2 is 1.79 bits per heavy atom. The number of hydrogen-bond acceptors (Lipinski definition) is 2. The number of nitrogens with one attached hydrogen (secondary N) is 1. The Kier molecular flexibility index (Phi) is 3.01. The summed E-state index contributed by atoms with van der Waals surface area (Å²) in [7, 11) is 0. The standard InChI is InChI=1S/C14H16F2N2O/c15-9-4-10(16)6-11(5-9)18-14(19)12-7-1-2-8(3-7)13(12)17/h4-8,12-13H,1-3,17H2,(H,18,19). The van der Waals surface area contributed by atoms with Crippen molar-refractivity contribution in [1.29, 1.82) is 0 Å². The van der Waals surface area contributed by atoms with Crippen LogP contribution in [-0.4, -0.2) is 11.9 Å². The van der Waals surface area contributed by atoms with Crippen LogP contribution in [0.5, 0.6) is 0 Å². The van der Waals surface area contributed by atoms with E-state index in [9.17, 15) is 13.6 Å². The van der Waals surface area contributed by atoms with Gasteiger partial charge in [0.15, 0.2) is 0 Å². The molecule has 2 bridgehead atoms. The minimum atomic E-state index is -0.701. The molecule has 3 rings (SSSR count). The van der Waals surface area contributed by atoms with Crippen LogP contribution in [0.4, 0.5) is 14.5 Å². The van der Waals surface area contributed by atoms with E-state index in [-0.39, 0.29) is 23.6 Å². The number of halogens is 2. The Labute approximate surface area is 110 Å². The van der Waals surface area contributed by atoms with Gasteiger partial charge in [-0.3, -0.25) is 4.79 Å². The lowest BCUT2D eigenvalue weighted by Crippen LogP contribution is -2.42. The van der Waals surface area contributed by atoms with Crippen molar-refractivity contribution >= 4 is 11.6 Å². The molecular formula is C14H16F2N2O. The van der Waals surface area contributed by atoms with Crippen molar-refractivity contribution in [3.63, 3.8) is 0 Å². The van der Waals surface area contributed by atoms with Crippen LogP contribution in [0.25, 0.3) is 0 Å². The lowest BCUT2D eigenvalue weighted by molar-refractivity contribution is -0.121. The molecule has 0 heterocycles. The van der Waals surface area contributed by atoms with Gasteiger partial charge in [0, 0.05) is 17.8 Å². The second kappa shape index (κ2) is 4.56. The zero-order valence-corrected chi connectivity index (χ0v) is 10.4. The molecule has 1 amide bonds. The van der Waals surface area contributed by atoms with Crippen LogP contribution in [0.1, 0.15) is 19.3 Å². The average molecular weight is 266 g/mol. The number of hydrogen-bond donors (Lipinski definition) is 2. The number of benzene rings is 1. The van der Waals surface area contributed by atoms with E-state index >= 15 is 0 Å². The summed E-state index contributed by atoms with van der Waals surface area (Å²) in [5.74, 6) is -1.11. The zero-order chi connectivity index (χ0) is 13.6. The van der Waals surface area contributed by atoms with Gasteiger partial charge in [-0.1, -0.05) is 0 Å². The summed E-state index contributed by atoms with van der Waals surface area (Å²) in [5.41, 5.74) is 6.22. The highest BCUT2D eigenvalue weighted by Gasteiger charge is 2.49. The normalized spacial score (nSPS) is 32.6. The van der Waals surface area contributed by atoms with Crippen molar-refractivity contribution in [2.45, 2.75) is 25.3 Å². The fourth-order valence-electron chi connectivity index (χ4n) is 3.58. The van der Waals surface area contributed by atoms with Gasteiger partial charge in [-0.05, 0) is 43.2 Å². The maximum atomic E-state index is 13.1. The summed E-state index contributed by atoms with van der Waals surface area (Å²) in [6.07, 6.45) is 3.11. The molecule has 0 aromatic heterocycles. The van der Waals surface area contributed by atoms with E-state index in [0.29, 0.717) is 11.8 Å². The summed E-state index contributed by atoms with van der Waals surface area (Å²) in [4.78, 5) is 12.2. The molecule has 0 spiro atoms. The number of rotatable bonds is 2. The van der Waals surface area contributed by atoms with Crippen LogP contribution in [-0.2, 0) is 4.79 Å². The number of anilines is 1. The van der Waals surface area contributed by atoms with Gasteiger partial charge in [0.2, 0.25) is 5.91 Å². The highest BCUT2D eigenvalue weighted by molar-refractivity contribution is 5.93. The first-order chi connectivity index (χ1) is 9.04. The van der Waals surface area contributed by atoms with E-state index in [2.05, 4.69) is 5.32 Å². The molecule has 19 heavy (non-hydrogen) atoms. The molecule has 2 fully saturated rings. The molecule has 4 unspecified atom stereocenters. The van der Waals surface area contributed by atoms with E-state index in [1.54, 1.807) is 0 Å². The topological polar surface area (TPSA) is 55.1 Å². The molecule has 2 aliphatic rings. The number of carbonyl (C=O) groups is 1. The van der Waals surface area contributed by atoms with Gasteiger partial charge in [-0.15, -0.1) is 0 Å². The second-order valence-corrected chi connectivity index (χ2v) is 5.58. The third-order valence-electron chi connectivity index (χ3n) is 4.41. The molecule has 102 valence electrons. The Balaban J connectivity index is 1.75. The molecule has 0 saturated heterocycles. The highest BCUT2D eigenvalue weighted by Crippen LogP contribution is 2.47. The van der Waals surface area contributed by atoms with Gasteiger partial charge in [0.25, 0.3) is 0 Å². The SMILES string of the molecule is NC1C2CCC(C2)C1C(=O)Nc1cc(F)cc(F)c1. The third kappa shape index (κ3) is 2.23. The minimum Gasteiger partial charge on any atom is -0.327 e. The van der Waals surface area contributed by atoms with Gasteiger partial charge in [0.1, 0.15) is 11.6 Å². The maximum absolute atomic E-state index is 13.1. The van der Waals surface area contributed by atoms with E-state index < -0.39 is 11.6 Å². The van der Waals surface area contributed by atoms with Crippen molar-refractivity contribution < 1.29 is 13.6 Å². The Bertz CT molecular complexity index is 498. The maximum Gasteiger partial charge on any atom is 0.229 e. The van der Waals surface area contributed by atoms with Crippen LogP contribution in [0.15, 0.2) is 18.2 Å². The largest absolute Gasteiger partial charge is 0.327 e. The fraction of sp³-hybridized carbons (Fsp3) is 0.500. The van der Waals surface area contributed by atoms with Crippen LogP contribution < -0.4 is 11.1 Å². The lowest BCUT2D eigenvalue weighted by atomic mass is 9.84. The fourth-order valence-corrected chi connectivity index (χ4v) is 3.58. The highest BCUT2D eigenvalue weighted by atomic mass is 19.1. The predicted octanol–water partition coefficient (Wildman–Crippen LogP) is 2.28. The molecular weight excluding hydrogens is 250 g/mol. The first-order valence-electron chi connectivity index (χ1n) is 6.57. The summed E-state index contributed by atoms with van der Waals surface area (Å²) >= 11 is 0. The summed E-state index contributed by atoms with van der Waals surface area (Å²) in [6.45, 7) is 0. The Hall–Kier alpha value is -1.49. The van der Waals surface area contributed by atoms with Gasteiger partial charge in [0.05, 0.1) is 5.92 Å². The first-order valence-corrected chi connectivity index (χ1v) is 6.57. The van der Waals surface area contributed by atoms with Crippen LogP contribution in [0.2, 0.25) is 0 Å². The van der Waals surface area contributed by atoms with Crippen molar-refractivity contribution in [3.05, 3.63) is 29.8 Å². The van der Waals surface area contributed by atoms with Gasteiger partial charge in [-0.2, -0.15) is 0 Å². The van der Waals surface area contributed by atoms with Crippen LogP contribution >= 0.6 is 0 Å². The van der Waals surface area contributed by atoms with Crippen molar-refractivity contribution in [1.82, 2.24) is 0 Å². The molecule has 0 aliphatic heterocycles. The minimum absolute atomic E-state index is 0.128. The molecule has 3 nitrogen and oxygen atoms in total. The molecule has 2 aliphatic carbocycles. The monoisotopic (exact) mass is 266 g/mol. The summed E-state index contributed by atoms with van der Waals surface area (Å²) < 4.78 is 26.1. The number of fused-ring (bicyclic) bond motifs is 2.